The van der Waals surface area contributed by atoms with Crippen LogP contribution in [0.3, 0.4) is 0 Å². The van der Waals surface area contributed by atoms with E-state index in [0.717, 1.165) is 11.3 Å². The lowest BCUT2D eigenvalue weighted by Crippen LogP contribution is -2.20. The molecule has 2 amide bonds. The predicted molar refractivity (Wildman–Crippen MR) is 91.3 cm³/mol. The molecule has 1 aromatic carbocycles. The summed E-state index contributed by atoms with van der Waals surface area (Å²) in [6, 6.07) is 5.81. The number of ether oxygens (including phenoxy) is 2. The van der Waals surface area contributed by atoms with Crippen molar-refractivity contribution >= 4 is 34.5 Å². The number of carbonyl (C=O) groups is 2. The van der Waals surface area contributed by atoms with Gasteiger partial charge in [0.15, 0.2) is 18.1 Å². The van der Waals surface area contributed by atoms with Crippen molar-refractivity contribution in [1.29, 1.82) is 0 Å². The minimum atomic E-state index is -0.655. The van der Waals surface area contributed by atoms with Crippen molar-refractivity contribution in [2.75, 3.05) is 19.0 Å². The maximum Gasteiger partial charge on any atom is 0.283 e. The van der Waals surface area contributed by atoms with E-state index in [0.29, 0.717) is 16.3 Å². The normalized spacial score (nSPS) is 10.2. The van der Waals surface area contributed by atoms with Crippen LogP contribution in [-0.4, -0.2) is 30.5 Å². The average Bonchev–Trinajstić information content (AvgIpc) is 2.95. The van der Waals surface area contributed by atoms with Gasteiger partial charge < -0.3 is 20.5 Å². The summed E-state index contributed by atoms with van der Waals surface area (Å²) in [7, 11) is 1.43. The van der Waals surface area contributed by atoms with E-state index in [1.165, 1.54) is 19.2 Å². The van der Waals surface area contributed by atoms with Gasteiger partial charge in [0.2, 0.25) is 0 Å². The van der Waals surface area contributed by atoms with Gasteiger partial charge in [-0.15, -0.1) is 11.3 Å². The van der Waals surface area contributed by atoms with E-state index in [-0.39, 0.29) is 22.9 Å². The first kappa shape index (κ1) is 18.2. The summed E-state index contributed by atoms with van der Waals surface area (Å²) in [6.07, 6.45) is 0. The molecule has 0 unspecified atom stereocenters. The third kappa shape index (κ3) is 4.44. The third-order valence-electron chi connectivity index (χ3n) is 3.10. The molecule has 132 valence electrons. The highest BCUT2D eigenvalue weighted by atomic mass is 32.1. The van der Waals surface area contributed by atoms with Gasteiger partial charge in [-0.05, 0) is 19.1 Å². The molecule has 0 aliphatic rings. The summed E-state index contributed by atoms with van der Waals surface area (Å²) in [5.41, 5.74) is 5.31. The Morgan fingerprint density at radius 2 is 2.04 bits per heavy atom. The van der Waals surface area contributed by atoms with Gasteiger partial charge in [0.05, 0.1) is 21.8 Å². The Labute approximate surface area is 146 Å². The first-order chi connectivity index (χ1) is 11.8. The van der Waals surface area contributed by atoms with Crippen LogP contribution in [0.15, 0.2) is 24.3 Å². The van der Waals surface area contributed by atoms with Crippen LogP contribution in [0, 0.1) is 17.0 Å². The van der Waals surface area contributed by atoms with Crippen molar-refractivity contribution in [2.24, 2.45) is 5.73 Å². The van der Waals surface area contributed by atoms with E-state index in [1.54, 1.807) is 19.1 Å². The summed E-state index contributed by atoms with van der Waals surface area (Å²) in [5.74, 6) is -0.556. The van der Waals surface area contributed by atoms with Gasteiger partial charge in [-0.25, -0.2) is 0 Å². The summed E-state index contributed by atoms with van der Waals surface area (Å²) < 4.78 is 10.3. The Bertz CT molecular complexity index is 833. The fraction of sp³-hybridized carbons (Fsp3) is 0.200. The predicted octanol–water partition coefficient (Wildman–Crippen LogP) is 2.09. The van der Waals surface area contributed by atoms with E-state index in [4.69, 9.17) is 15.2 Å². The Morgan fingerprint density at radius 1 is 1.32 bits per heavy atom. The standard InChI is InChI=1S/C15H15N3O6S/c1-8-10(18(21)22)6-13(25-8)15(20)17-9-3-4-11(23-2)12(5-9)24-7-14(16)19/h3-6H,7H2,1-2H3,(H2,16,19)(H,17,20). The highest BCUT2D eigenvalue weighted by Crippen LogP contribution is 2.32. The Balaban J connectivity index is 2.20. The molecular weight excluding hydrogens is 350 g/mol. The topological polar surface area (TPSA) is 134 Å². The molecule has 9 nitrogen and oxygen atoms in total. The van der Waals surface area contributed by atoms with Crippen molar-refractivity contribution in [1.82, 2.24) is 0 Å². The van der Waals surface area contributed by atoms with Crippen LogP contribution in [0.1, 0.15) is 14.5 Å². The third-order valence-corrected chi connectivity index (χ3v) is 4.14. The van der Waals surface area contributed by atoms with Crippen LogP contribution in [0.25, 0.3) is 0 Å². The number of nitrogens with two attached hydrogens (primary N) is 1. The lowest BCUT2D eigenvalue weighted by molar-refractivity contribution is -0.385. The molecule has 0 spiro atoms. The summed E-state index contributed by atoms with van der Waals surface area (Å²) in [4.78, 5) is 34.1. The fourth-order valence-corrected chi connectivity index (χ4v) is 2.86. The number of primary amides is 1. The number of carbonyl (C=O) groups excluding carboxylic acids is 2. The number of methoxy groups -OCH3 is 1. The van der Waals surface area contributed by atoms with E-state index in [1.807, 2.05) is 0 Å². The summed E-state index contributed by atoms with van der Waals surface area (Å²) >= 11 is 1.03. The number of nitro groups is 1. The van der Waals surface area contributed by atoms with E-state index in [2.05, 4.69) is 5.32 Å². The molecule has 0 saturated heterocycles. The molecule has 0 aliphatic carbocycles. The molecule has 2 aromatic rings. The molecule has 10 heteroatoms. The molecule has 1 heterocycles. The van der Waals surface area contributed by atoms with Gasteiger partial charge in [-0.3, -0.25) is 19.7 Å². The molecule has 3 N–H and O–H groups in total. The minimum absolute atomic E-state index is 0.102. The van der Waals surface area contributed by atoms with Gasteiger partial charge >= 0.3 is 0 Å². The number of nitrogens with one attached hydrogen (secondary N) is 1. The van der Waals surface area contributed by atoms with E-state index < -0.39 is 16.7 Å². The van der Waals surface area contributed by atoms with E-state index >= 15 is 0 Å². The van der Waals surface area contributed by atoms with Crippen LogP contribution in [0.2, 0.25) is 0 Å². The summed E-state index contributed by atoms with van der Waals surface area (Å²) in [5, 5.41) is 13.5. The first-order valence-corrected chi connectivity index (χ1v) is 7.78. The van der Waals surface area contributed by atoms with Crippen LogP contribution in [-0.2, 0) is 4.79 Å². The quantitative estimate of drug-likeness (QED) is 0.570. The zero-order valence-corrected chi connectivity index (χ0v) is 14.2. The van der Waals surface area contributed by atoms with Crippen LogP contribution < -0.4 is 20.5 Å². The Kier molecular flexibility index (Phi) is 5.55. The number of benzene rings is 1. The monoisotopic (exact) mass is 365 g/mol. The molecule has 0 atom stereocenters. The van der Waals surface area contributed by atoms with Gasteiger partial charge in [-0.2, -0.15) is 0 Å². The number of hydrogen-bond acceptors (Lipinski definition) is 7. The molecule has 0 saturated carbocycles. The Hall–Kier alpha value is -3.14. The van der Waals surface area contributed by atoms with E-state index in [9.17, 15) is 19.7 Å². The van der Waals surface area contributed by atoms with Crippen molar-refractivity contribution in [2.45, 2.75) is 6.92 Å². The lowest BCUT2D eigenvalue weighted by Gasteiger charge is -2.11. The molecule has 2 rings (SSSR count). The summed E-state index contributed by atoms with van der Waals surface area (Å²) in [6.45, 7) is 1.23. The largest absolute Gasteiger partial charge is 0.493 e. The number of anilines is 1. The SMILES string of the molecule is COc1ccc(NC(=O)c2cc([N+](=O)[O-])c(C)s2)cc1OCC(N)=O. The zero-order chi connectivity index (χ0) is 18.6. The van der Waals surface area contributed by atoms with Crippen molar-refractivity contribution in [3.05, 3.63) is 44.1 Å². The number of thiophene rings is 1. The highest BCUT2D eigenvalue weighted by molar-refractivity contribution is 7.14. The van der Waals surface area contributed by atoms with Crippen molar-refractivity contribution < 1.29 is 24.0 Å². The van der Waals surface area contributed by atoms with Crippen LogP contribution in [0.4, 0.5) is 11.4 Å². The number of aryl methyl sites for hydroxylation is 1. The number of nitrogens with zero attached hydrogens (tertiary/aromatic N) is 1. The maximum absolute atomic E-state index is 12.3. The van der Waals surface area contributed by atoms with Gasteiger partial charge in [0, 0.05) is 17.8 Å². The number of amides is 2. The molecule has 25 heavy (non-hydrogen) atoms. The molecule has 0 aliphatic heterocycles. The molecular formula is C15H15N3O6S. The molecule has 1 aromatic heterocycles. The average molecular weight is 365 g/mol. The second-order valence-electron chi connectivity index (χ2n) is 4.88. The zero-order valence-electron chi connectivity index (χ0n) is 13.4. The van der Waals surface area contributed by atoms with Gasteiger partial charge in [0.25, 0.3) is 17.5 Å². The minimum Gasteiger partial charge on any atom is -0.493 e. The van der Waals surface area contributed by atoms with Crippen LogP contribution >= 0.6 is 11.3 Å². The second-order valence-corrected chi connectivity index (χ2v) is 6.14. The van der Waals surface area contributed by atoms with Gasteiger partial charge in [0.1, 0.15) is 0 Å². The maximum atomic E-state index is 12.3. The first-order valence-electron chi connectivity index (χ1n) is 6.97. The highest BCUT2D eigenvalue weighted by Gasteiger charge is 2.20. The Morgan fingerprint density at radius 3 is 2.60 bits per heavy atom. The number of hydrogen-bond donors (Lipinski definition) is 2. The second kappa shape index (κ2) is 7.62. The number of rotatable bonds is 7. The smallest absolute Gasteiger partial charge is 0.283 e. The molecule has 0 radical (unpaired) electrons. The van der Waals surface area contributed by atoms with Crippen LogP contribution in [0.5, 0.6) is 11.5 Å². The molecule has 0 bridgehead atoms. The fourth-order valence-electron chi connectivity index (χ4n) is 1.97. The lowest BCUT2D eigenvalue weighted by atomic mass is 10.2. The molecule has 0 fully saturated rings. The van der Waals surface area contributed by atoms with Gasteiger partial charge in [-0.1, -0.05) is 0 Å². The van der Waals surface area contributed by atoms with Crippen molar-refractivity contribution in [3.63, 3.8) is 0 Å². The van der Waals surface area contributed by atoms with Crippen molar-refractivity contribution in [3.8, 4) is 11.5 Å².